The Balaban J connectivity index is 2.15. The average Bonchev–Trinajstić information content (AvgIpc) is 2.54. The molecule has 0 heterocycles. The first-order valence-electron chi connectivity index (χ1n) is 7.14. The molecule has 126 valence electrons. The van der Waals surface area contributed by atoms with E-state index in [0.29, 0.717) is 18.1 Å². The summed E-state index contributed by atoms with van der Waals surface area (Å²) in [7, 11) is 1.58. The van der Waals surface area contributed by atoms with Crippen molar-refractivity contribution >= 4 is 34.8 Å². The SMILES string of the molecule is COc1cc(/C=N\NC(N)=O)cc(I)c1OCc1ccc(C)cc1. The Morgan fingerprint density at radius 2 is 2.04 bits per heavy atom. The molecule has 3 N–H and O–H groups in total. The van der Waals surface area contributed by atoms with E-state index in [-0.39, 0.29) is 0 Å². The number of halogens is 1. The highest BCUT2D eigenvalue weighted by Crippen LogP contribution is 2.34. The standard InChI is InChI=1S/C17H18IN3O3/c1-11-3-5-12(6-4-11)10-24-16-14(18)7-13(8-15(16)23-2)9-20-21-17(19)22/h3-9H,10H2,1-2H3,(H3,19,21,22)/b20-9-. The summed E-state index contributed by atoms with van der Waals surface area (Å²) in [4.78, 5) is 10.6. The summed E-state index contributed by atoms with van der Waals surface area (Å²) < 4.78 is 12.2. The quantitative estimate of drug-likeness (QED) is 0.412. The van der Waals surface area contributed by atoms with Gasteiger partial charge in [0.2, 0.25) is 0 Å². The van der Waals surface area contributed by atoms with E-state index < -0.39 is 6.03 Å². The second kappa shape index (κ2) is 8.53. The third-order valence-electron chi connectivity index (χ3n) is 3.14. The van der Waals surface area contributed by atoms with Crippen LogP contribution in [0.25, 0.3) is 0 Å². The van der Waals surface area contributed by atoms with Crippen molar-refractivity contribution in [2.45, 2.75) is 13.5 Å². The number of nitrogens with zero attached hydrogens (tertiary/aromatic N) is 1. The number of methoxy groups -OCH3 is 1. The van der Waals surface area contributed by atoms with E-state index >= 15 is 0 Å². The van der Waals surface area contributed by atoms with Crippen LogP contribution in [0.3, 0.4) is 0 Å². The smallest absolute Gasteiger partial charge is 0.332 e. The molecule has 0 saturated carbocycles. The van der Waals surface area contributed by atoms with Gasteiger partial charge in [-0.15, -0.1) is 0 Å². The van der Waals surface area contributed by atoms with Gasteiger partial charge in [-0.25, -0.2) is 10.2 Å². The molecule has 6 nitrogen and oxygen atoms in total. The number of carbonyl (C=O) groups excluding carboxylic acids is 1. The summed E-state index contributed by atoms with van der Waals surface area (Å²) in [5.74, 6) is 1.26. The van der Waals surface area contributed by atoms with Gasteiger partial charge in [-0.05, 0) is 52.8 Å². The molecule has 0 unspecified atom stereocenters. The van der Waals surface area contributed by atoms with Crippen molar-refractivity contribution in [1.82, 2.24) is 5.43 Å². The minimum atomic E-state index is -0.717. The molecule has 0 saturated heterocycles. The van der Waals surface area contributed by atoms with E-state index in [0.717, 1.165) is 14.7 Å². The molecule has 0 fully saturated rings. The van der Waals surface area contributed by atoms with Crippen molar-refractivity contribution in [2.24, 2.45) is 10.8 Å². The van der Waals surface area contributed by atoms with Gasteiger partial charge in [-0.2, -0.15) is 5.10 Å². The topological polar surface area (TPSA) is 85.9 Å². The van der Waals surface area contributed by atoms with E-state index in [9.17, 15) is 4.79 Å². The molecule has 0 atom stereocenters. The number of nitrogens with two attached hydrogens (primary N) is 1. The largest absolute Gasteiger partial charge is 0.493 e. The first kappa shape index (κ1) is 18.1. The van der Waals surface area contributed by atoms with Crippen LogP contribution in [-0.2, 0) is 6.61 Å². The number of amides is 2. The van der Waals surface area contributed by atoms with E-state index in [2.05, 4.69) is 33.1 Å². The lowest BCUT2D eigenvalue weighted by Gasteiger charge is -2.13. The molecule has 2 aromatic rings. The number of rotatable bonds is 6. The molecule has 0 aliphatic rings. The van der Waals surface area contributed by atoms with Crippen LogP contribution in [0, 0.1) is 10.5 Å². The second-order valence-electron chi connectivity index (χ2n) is 5.04. The Morgan fingerprint density at radius 1 is 1.33 bits per heavy atom. The number of ether oxygens (including phenoxy) is 2. The van der Waals surface area contributed by atoms with Gasteiger partial charge in [-0.3, -0.25) is 0 Å². The maximum absolute atomic E-state index is 10.6. The van der Waals surface area contributed by atoms with Crippen LogP contribution in [0.1, 0.15) is 16.7 Å². The molecular weight excluding hydrogens is 421 g/mol. The van der Waals surface area contributed by atoms with Crippen molar-refractivity contribution in [3.63, 3.8) is 0 Å². The van der Waals surface area contributed by atoms with Crippen LogP contribution >= 0.6 is 22.6 Å². The predicted octanol–water partition coefficient (Wildman–Crippen LogP) is 3.19. The van der Waals surface area contributed by atoms with Gasteiger partial charge >= 0.3 is 6.03 Å². The summed E-state index contributed by atoms with van der Waals surface area (Å²) in [6.45, 7) is 2.49. The molecule has 0 bridgehead atoms. The minimum Gasteiger partial charge on any atom is -0.493 e. The van der Waals surface area contributed by atoms with Crippen LogP contribution in [0.5, 0.6) is 11.5 Å². The summed E-state index contributed by atoms with van der Waals surface area (Å²) in [6.07, 6.45) is 1.49. The third kappa shape index (κ3) is 5.12. The fourth-order valence-corrected chi connectivity index (χ4v) is 2.75. The van der Waals surface area contributed by atoms with E-state index in [1.165, 1.54) is 11.8 Å². The molecule has 0 aliphatic carbocycles. The molecular formula is C17H18IN3O3. The molecule has 2 aromatic carbocycles. The lowest BCUT2D eigenvalue weighted by Crippen LogP contribution is -2.24. The zero-order chi connectivity index (χ0) is 17.5. The van der Waals surface area contributed by atoms with E-state index in [1.54, 1.807) is 13.2 Å². The Hall–Kier alpha value is -2.29. The van der Waals surface area contributed by atoms with E-state index in [4.69, 9.17) is 15.2 Å². The number of nitrogens with one attached hydrogen (secondary N) is 1. The highest BCUT2D eigenvalue weighted by molar-refractivity contribution is 14.1. The number of hydrogen-bond donors (Lipinski definition) is 2. The Kier molecular flexibility index (Phi) is 6.42. The molecule has 2 rings (SSSR count). The Bertz CT molecular complexity index is 745. The summed E-state index contributed by atoms with van der Waals surface area (Å²) in [5, 5.41) is 3.74. The van der Waals surface area contributed by atoms with E-state index in [1.807, 2.05) is 37.3 Å². The van der Waals surface area contributed by atoms with Crippen molar-refractivity contribution in [3.8, 4) is 11.5 Å². The highest BCUT2D eigenvalue weighted by Gasteiger charge is 2.11. The normalized spacial score (nSPS) is 10.6. The van der Waals surface area contributed by atoms with Gasteiger partial charge in [0.15, 0.2) is 11.5 Å². The second-order valence-corrected chi connectivity index (χ2v) is 6.20. The maximum Gasteiger partial charge on any atom is 0.332 e. The van der Waals surface area contributed by atoms with Gasteiger partial charge in [0.1, 0.15) is 6.61 Å². The van der Waals surface area contributed by atoms with Crippen LogP contribution in [0.4, 0.5) is 4.79 Å². The van der Waals surface area contributed by atoms with Crippen LogP contribution in [0.2, 0.25) is 0 Å². The number of carbonyl (C=O) groups is 1. The minimum absolute atomic E-state index is 0.448. The molecule has 2 amide bonds. The zero-order valence-electron chi connectivity index (χ0n) is 13.4. The van der Waals surface area contributed by atoms with Crippen LogP contribution in [-0.4, -0.2) is 19.4 Å². The molecule has 0 aromatic heterocycles. The van der Waals surface area contributed by atoms with Gasteiger partial charge in [-0.1, -0.05) is 29.8 Å². The third-order valence-corrected chi connectivity index (χ3v) is 3.95. The lowest BCUT2D eigenvalue weighted by molar-refractivity contribution is 0.249. The van der Waals surface area contributed by atoms with Crippen LogP contribution < -0.4 is 20.6 Å². The fraction of sp³-hybridized carbons (Fsp3) is 0.176. The highest BCUT2D eigenvalue weighted by atomic mass is 127. The number of hydrogen-bond acceptors (Lipinski definition) is 4. The lowest BCUT2D eigenvalue weighted by atomic mass is 10.2. The number of primary amides is 1. The number of urea groups is 1. The van der Waals surface area contributed by atoms with Crippen molar-refractivity contribution in [1.29, 1.82) is 0 Å². The average molecular weight is 439 g/mol. The number of aryl methyl sites for hydroxylation is 1. The monoisotopic (exact) mass is 439 g/mol. The molecule has 7 heteroatoms. The Morgan fingerprint density at radius 3 is 2.67 bits per heavy atom. The van der Waals surface area contributed by atoms with Gasteiger partial charge < -0.3 is 15.2 Å². The maximum atomic E-state index is 10.6. The summed E-state index contributed by atoms with van der Waals surface area (Å²) in [5.41, 5.74) is 10.2. The first-order chi connectivity index (χ1) is 11.5. The fourth-order valence-electron chi connectivity index (χ4n) is 1.96. The summed E-state index contributed by atoms with van der Waals surface area (Å²) in [6, 6.07) is 11.1. The van der Waals surface area contributed by atoms with Crippen LogP contribution in [0.15, 0.2) is 41.5 Å². The van der Waals surface area contributed by atoms with Crippen molar-refractivity contribution in [3.05, 3.63) is 56.7 Å². The van der Waals surface area contributed by atoms with Gasteiger partial charge in [0, 0.05) is 0 Å². The number of benzene rings is 2. The summed E-state index contributed by atoms with van der Waals surface area (Å²) >= 11 is 2.17. The molecule has 0 spiro atoms. The van der Waals surface area contributed by atoms with Gasteiger partial charge in [0.25, 0.3) is 0 Å². The predicted molar refractivity (Wildman–Crippen MR) is 102 cm³/mol. The first-order valence-corrected chi connectivity index (χ1v) is 8.22. The molecule has 24 heavy (non-hydrogen) atoms. The van der Waals surface area contributed by atoms with Gasteiger partial charge in [0.05, 0.1) is 16.9 Å². The Labute approximate surface area is 154 Å². The van der Waals surface area contributed by atoms with Crippen molar-refractivity contribution in [2.75, 3.05) is 7.11 Å². The number of hydrazone groups is 1. The molecule has 0 aliphatic heterocycles. The van der Waals surface area contributed by atoms with Crippen molar-refractivity contribution < 1.29 is 14.3 Å². The zero-order valence-corrected chi connectivity index (χ0v) is 15.5. The molecule has 0 radical (unpaired) electrons.